The van der Waals surface area contributed by atoms with Crippen molar-refractivity contribution in [2.75, 3.05) is 18.0 Å². The standard InChI is InChI=1S/C10H10F3N5/c11-8-5-7(16-17-14)6-15-9(8)18-3-1-10(12,13)2-4-18/h5-6H,1-4H2. The second-order valence-electron chi connectivity index (χ2n) is 4.03. The first-order chi connectivity index (χ1) is 8.52. The molecule has 0 aromatic carbocycles. The summed E-state index contributed by atoms with van der Waals surface area (Å²) in [6, 6.07) is 1.04. The van der Waals surface area contributed by atoms with E-state index in [1.807, 2.05) is 0 Å². The first-order valence-electron chi connectivity index (χ1n) is 5.35. The van der Waals surface area contributed by atoms with Crippen molar-refractivity contribution in [3.05, 3.63) is 28.5 Å². The lowest BCUT2D eigenvalue weighted by Crippen LogP contribution is -2.40. The highest BCUT2D eigenvalue weighted by Crippen LogP contribution is 2.31. The molecule has 0 N–H and O–H groups in total. The third-order valence-corrected chi connectivity index (χ3v) is 2.76. The maximum absolute atomic E-state index is 13.7. The van der Waals surface area contributed by atoms with Gasteiger partial charge in [0.2, 0.25) is 0 Å². The highest BCUT2D eigenvalue weighted by Gasteiger charge is 2.35. The normalized spacial score (nSPS) is 18.3. The zero-order chi connectivity index (χ0) is 13.2. The van der Waals surface area contributed by atoms with Crippen molar-refractivity contribution in [2.24, 2.45) is 5.11 Å². The van der Waals surface area contributed by atoms with Gasteiger partial charge in [0.25, 0.3) is 5.92 Å². The van der Waals surface area contributed by atoms with Gasteiger partial charge in [-0.3, -0.25) is 0 Å². The molecular formula is C10H10F3N5. The van der Waals surface area contributed by atoms with Crippen molar-refractivity contribution >= 4 is 11.5 Å². The van der Waals surface area contributed by atoms with Gasteiger partial charge < -0.3 is 4.90 Å². The SMILES string of the molecule is [N-]=[N+]=Nc1cnc(N2CCC(F)(F)CC2)c(F)c1. The molecule has 1 aromatic rings. The number of aromatic nitrogens is 1. The van der Waals surface area contributed by atoms with Gasteiger partial charge in [0.05, 0.1) is 5.69 Å². The molecule has 0 radical (unpaired) electrons. The zero-order valence-electron chi connectivity index (χ0n) is 9.35. The number of nitrogens with zero attached hydrogens (tertiary/aromatic N) is 5. The molecule has 0 saturated carbocycles. The molecule has 1 saturated heterocycles. The zero-order valence-corrected chi connectivity index (χ0v) is 9.35. The number of hydrogen-bond donors (Lipinski definition) is 0. The highest BCUT2D eigenvalue weighted by atomic mass is 19.3. The number of rotatable bonds is 2. The molecule has 0 spiro atoms. The highest BCUT2D eigenvalue weighted by molar-refractivity contribution is 5.47. The van der Waals surface area contributed by atoms with Crippen LogP contribution in [0.1, 0.15) is 12.8 Å². The minimum atomic E-state index is -2.68. The molecule has 1 fully saturated rings. The molecule has 2 rings (SSSR count). The predicted molar refractivity (Wildman–Crippen MR) is 59.4 cm³/mol. The molecule has 18 heavy (non-hydrogen) atoms. The van der Waals surface area contributed by atoms with Crippen LogP contribution in [0.15, 0.2) is 17.4 Å². The first kappa shape index (κ1) is 12.5. The summed E-state index contributed by atoms with van der Waals surface area (Å²) in [7, 11) is 0. The average molecular weight is 257 g/mol. The number of alkyl halides is 2. The molecule has 0 bridgehead atoms. The second-order valence-corrected chi connectivity index (χ2v) is 4.03. The first-order valence-corrected chi connectivity index (χ1v) is 5.35. The minimum Gasteiger partial charge on any atom is -0.354 e. The van der Waals surface area contributed by atoms with Gasteiger partial charge in [-0.15, -0.1) is 0 Å². The third kappa shape index (κ3) is 2.65. The quantitative estimate of drug-likeness (QED) is 0.463. The number of hydrogen-bond acceptors (Lipinski definition) is 3. The lowest BCUT2D eigenvalue weighted by Gasteiger charge is -2.32. The topological polar surface area (TPSA) is 64.9 Å². The fourth-order valence-electron chi connectivity index (χ4n) is 1.81. The summed E-state index contributed by atoms with van der Waals surface area (Å²) in [5.74, 6) is -3.34. The molecule has 0 unspecified atom stereocenters. The van der Waals surface area contributed by atoms with Crippen LogP contribution in [0.4, 0.5) is 24.7 Å². The molecule has 2 heterocycles. The summed E-state index contributed by atoms with van der Waals surface area (Å²) in [5, 5.41) is 3.22. The van der Waals surface area contributed by atoms with Crippen LogP contribution in [0.5, 0.6) is 0 Å². The van der Waals surface area contributed by atoms with Crippen LogP contribution in [0.2, 0.25) is 0 Å². The maximum Gasteiger partial charge on any atom is 0.251 e. The number of pyridine rings is 1. The lowest BCUT2D eigenvalue weighted by atomic mass is 10.1. The van der Waals surface area contributed by atoms with E-state index < -0.39 is 11.7 Å². The predicted octanol–water partition coefficient (Wildman–Crippen LogP) is 3.40. The van der Waals surface area contributed by atoms with Crippen molar-refractivity contribution in [1.82, 2.24) is 4.98 Å². The van der Waals surface area contributed by atoms with E-state index in [0.717, 1.165) is 6.07 Å². The molecule has 1 aliphatic rings. The van der Waals surface area contributed by atoms with Crippen LogP contribution < -0.4 is 4.90 Å². The van der Waals surface area contributed by atoms with E-state index in [1.165, 1.54) is 11.1 Å². The van der Waals surface area contributed by atoms with Crippen LogP contribution in [-0.4, -0.2) is 24.0 Å². The summed E-state index contributed by atoms with van der Waals surface area (Å²) < 4.78 is 39.6. The molecule has 5 nitrogen and oxygen atoms in total. The van der Waals surface area contributed by atoms with Crippen molar-refractivity contribution < 1.29 is 13.2 Å². The lowest BCUT2D eigenvalue weighted by molar-refractivity contribution is -0.0222. The summed E-state index contributed by atoms with van der Waals surface area (Å²) in [4.78, 5) is 7.79. The molecule has 96 valence electrons. The number of halogens is 3. The Labute approximate surface area is 101 Å². The third-order valence-electron chi connectivity index (χ3n) is 2.76. The monoisotopic (exact) mass is 257 g/mol. The van der Waals surface area contributed by atoms with E-state index in [9.17, 15) is 13.2 Å². The van der Waals surface area contributed by atoms with Gasteiger partial charge in [-0.1, -0.05) is 5.11 Å². The van der Waals surface area contributed by atoms with Gasteiger partial charge >= 0.3 is 0 Å². The van der Waals surface area contributed by atoms with Crippen molar-refractivity contribution in [3.63, 3.8) is 0 Å². The second kappa shape index (κ2) is 4.73. The Morgan fingerprint density at radius 1 is 1.39 bits per heavy atom. The Bertz CT molecular complexity index is 488. The molecule has 0 atom stereocenters. The smallest absolute Gasteiger partial charge is 0.251 e. The van der Waals surface area contributed by atoms with Crippen LogP contribution in [0.25, 0.3) is 10.4 Å². The van der Waals surface area contributed by atoms with Gasteiger partial charge in [0, 0.05) is 37.0 Å². The van der Waals surface area contributed by atoms with E-state index in [2.05, 4.69) is 15.0 Å². The molecule has 8 heteroatoms. The molecular weight excluding hydrogens is 247 g/mol. The summed E-state index contributed by atoms with van der Waals surface area (Å²) >= 11 is 0. The Kier molecular flexibility index (Phi) is 3.29. The fourth-order valence-corrected chi connectivity index (χ4v) is 1.81. The summed E-state index contributed by atoms with van der Waals surface area (Å²) in [6.45, 7) is 0.107. The number of anilines is 1. The number of piperidine rings is 1. The summed E-state index contributed by atoms with van der Waals surface area (Å²) in [5.41, 5.74) is 8.26. The van der Waals surface area contributed by atoms with E-state index in [-0.39, 0.29) is 37.4 Å². The van der Waals surface area contributed by atoms with Gasteiger partial charge in [0.15, 0.2) is 11.6 Å². The molecule has 0 amide bonds. The van der Waals surface area contributed by atoms with E-state index >= 15 is 0 Å². The minimum absolute atomic E-state index is 0.0161. The van der Waals surface area contributed by atoms with Gasteiger partial charge in [-0.2, -0.15) is 0 Å². The Hall–Kier alpha value is -1.95. The van der Waals surface area contributed by atoms with Crippen molar-refractivity contribution in [2.45, 2.75) is 18.8 Å². The molecule has 1 aliphatic heterocycles. The Balaban J connectivity index is 2.17. The van der Waals surface area contributed by atoms with Crippen LogP contribution >= 0.6 is 0 Å². The molecule has 0 aliphatic carbocycles. The van der Waals surface area contributed by atoms with E-state index in [0.29, 0.717) is 0 Å². The van der Waals surface area contributed by atoms with Gasteiger partial charge in [0.1, 0.15) is 0 Å². The summed E-state index contributed by atoms with van der Waals surface area (Å²) in [6.07, 6.45) is 0.587. The number of azide groups is 1. The van der Waals surface area contributed by atoms with Crippen LogP contribution in [-0.2, 0) is 0 Å². The van der Waals surface area contributed by atoms with Gasteiger partial charge in [-0.05, 0) is 11.6 Å². The average Bonchev–Trinajstić information content (AvgIpc) is 2.31. The van der Waals surface area contributed by atoms with Crippen LogP contribution in [0.3, 0.4) is 0 Å². The van der Waals surface area contributed by atoms with Crippen molar-refractivity contribution in [3.8, 4) is 0 Å². The molecule has 1 aromatic heterocycles. The van der Waals surface area contributed by atoms with Crippen LogP contribution in [0, 0.1) is 5.82 Å². The van der Waals surface area contributed by atoms with Gasteiger partial charge in [-0.25, -0.2) is 18.2 Å². The van der Waals surface area contributed by atoms with Crippen molar-refractivity contribution in [1.29, 1.82) is 0 Å². The Morgan fingerprint density at radius 3 is 2.61 bits per heavy atom. The largest absolute Gasteiger partial charge is 0.354 e. The fraction of sp³-hybridized carbons (Fsp3) is 0.500. The van der Waals surface area contributed by atoms with E-state index in [4.69, 9.17) is 5.53 Å². The maximum atomic E-state index is 13.7. The van der Waals surface area contributed by atoms with E-state index in [1.54, 1.807) is 0 Å². The Morgan fingerprint density at radius 2 is 2.06 bits per heavy atom.